The van der Waals surface area contributed by atoms with Crippen LogP contribution in [0, 0.1) is 5.92 Å². The number of pyridine rings is 1. The molecule has 0 bridgehead atoms. The third-order valence-electron chi connectivity index (χ3n) is 5.64. The van der Waals surface area contributed by atoms with Gasteiger partial charge in [0, 0.05) is 55.0 Å². The number of benzene rings is 1. The molecule has 2 aromatic rings. The van der Waals surface area contributed by atoms with E-state index >= 15 is 0 Å². The Morgan fingerprint density at radius 3 is 2.58 bits per heavy atom. The van der Waals surface area contributed by atoms with E-state index in [1.807, 2.05) is 18.3 Å². The van der Waals surface area contributed by atoms with Gasteiger partial charge in [0.05, 0.1) is 5.52 Å². The average molecular weight is 344 g/mol. The van der Waals surface area contributed by atoms with Crippen molar-refractivity contribution in [1.29, 1.82) is 0 Å². The van der Waals surface area contributed by atoms with Crippen molar-refractivity contribution in [2.24, 2.45) is 5.92 Å². The van der Waals surface area contributed by atoms with E-state index in [2.05, 4.69) is 26.9 Å². The van der Waals surface area contributed by atoms with Gasteiger partial charge in [-0.3, -0.25) is 9.88 Å². The van der Waals surface area contributed by atoms with Crippen LogP contribution in [0.4, 0.5) is 5.69 Å². The number of hydrogen-bond donors (Lipinski definition) is 0. The fraction of sp³-hybridized carbons (Fsp3) is 0.550. The van der Waals surface area contributed by atoms with Gasteiger partial charge in [-0.05, 0) is 43.0 Å². The maximum absolute atomic E-state index is 6.11. The van der Waals surface area contributed by atoms with Crippen molar-refractivity contribution in [3.05, 3.63) is 35.5 Å². The zero-order valence-electron chi connectivity index (χ0n) is 14.3. The quantitative estimate of drug-likeness (QED) is 0.812. The molecule has 1 saturated heterocycles. The fourth-order valence-corrected chi connectivity index (χ4v) is 4.45. The van der Waals surface area contributed by atoms with Gasteiger partial charge >= 0.3 is 0 Å². The summed E-state index contributed by atoms with van der Waals surface area (Å²) in [6, 6.07) is 8.18. The second-order valence-corrected chi connectivity index (χ2v) is 7.72. The average Bonchev–Trinajstić information content (AvgIpc) is 2.62. The summed E-state index contributed by atoms with van der Waals surface area (Å²) in [5.41, 5.74) is 2.29. The lowest BCUT2D eigenvalue weighted by Crippen LogP contribution is -2.48. The van der Waals surface area contributed by atoms with Gasteiger partial charge in [0.15, 0.2) is 0 Å². The van der Waals surface area contributed by atoms with E-state index in [4.69, 9.17) is 11.6 Å². The number of rotatable bonds is 3. The lowest BCUT2D eigenvalue weighted by molar-refractivity contribution is 0.192. The molecule has 2 aliphatic rings. The molecule has 4 heteroatoms. The monoisotopic (exact) mass is 343 g/mol. The SMILES string of the molecule is Clc1ccc2c(N3CCN(CC4CCCCC4)CC3)ccnc2c1. The van der Waals surface area contributed by atoms with Gasteiger partial charge < -0.3 is 4.90 Å². The highest BCUT2D eigenvalue weighted by Crippen LogP contribution is 2.29. The van der Waals surface area contributed by atoms with Crippen LogP contribution >= 0.6 is 11.6 Å². The second kappa shape index (κ2) is 7.28. The molecular formula is C20H26ClN3. The van der Waals surface area contributed by atoms with E-state index in [0.29, 0.717) is 0 Å². The molecular weight excluding hydrogens is 318 g/mol. The topological polar surface area (TPSA) is 19.4 Å². The van der Waals surface area contributed by atoms with Crippen molar-refractivity contribution in [2.75, 3.05) is 37.6 Å². The standard InChI is InChI=1S/C20H26ClN3/c21-17-6-7-18-19(14-17)22-9-8-20(18)24-12-10-23(11-13-24)15-16-4-2-1-3-5-16/h6-9,14,16H,1-5,10-13,15H2. The lowest BCUT2D eigenvalue weighted by Gasteiger charge is -2.38. The van der Waals surface area contributed by atoms with E-state index in [1.165, 1.54) is 62.8 Å². The van der Waals surface area contributed by atoms with Crippen LogP contribution in [-0.2, 0) is 0 Å². The smallest absolute Gasteiger partial charge is 0.0737 e. The normalized spacial score (nSPS) is 20.6. The highest BCUT2D eigenvalue weighted by atomic mass is 35.5. The predicted octanol–water partition coefficient (Wildman–Crippen LogP) is 4.59. The van der Waals surface area contributed by atoms with Gasteiger partial charge in [-0.2, -0.15) is 0 Å². The van der Waals surface area contributed by atoms with Crippen LogP contribution in [-0.4, -0.2) is 42.6 Å². The minimum absolute atomic E-state index is 0.754. The van der Waals surface area contributed by atoms with Crippen LogP contribution in [0.15, 0.2) is 30.5 Å². The molecule has 0 atom stereocenters. The van der Waals surface area contributed by atoms with Crippen molar-refractivity contribution in [1.82, 2.24) is 9.88 Å². The third-order valence-corrected chi connectivity index (χ3v) is 5.87. The summed E-state index contributed by atoms with van der Waals surface area (Å²) in [6.07, 6.45) is 9.12. The summed E-state index contributed by atoms with van der Waals surface area (Å²) in [5, 5.41) is 1.96. The maximum atomic E-state index is 6.11. The minimum atomic E-state index is 0.754. The highest BCUT2D eigenvalue weighted by molar-refractivity contribution is 6.31. The number of anilines is 1. The zero-order chi connectivity index (χ0) is 16.4. The molecule has 24 heavy (non-hydrogen) atoms. The first-order chi connectivity index (χ1) is 11.8. The molecule has 1 aromatic heterocycles. The maximum Gasteiger partial charge on any atom is 0.0737 e. The first-order valence-electron chi connectivity index (χ1n) is 9.31. The first kappa shape index (κ1) is 16.2. The largest absolute Gasteiger partial charge is 0.368 e. The molecule has 2 fully saturated rings. The second-order valence-electron chi connectivity index (χ2n) is 7.28. The first-order valence-corrected chi connectivity index (χ1v) is 9.69. The minimum Gasteiger partial charge on any atom is -0.368 e. The molecule has 0 unspecified atom stereocenters. The Kier molecular flexibility index (Phi) is 4.91. The van der Waals surface area contributed by atoms with Crippen molar-refractivity contribution in [2.45, 2.75) is 32.1 Å². The summed E-state index contributed by atoms with van der Waals surface area (Å²) in [7, 11) is 0. The van der Waals surface area contributed by atoms with Gasteiger partial charge in [0.25, 0.3) is 0 Å². The summed E-state index contributed by atoms with van der Waals surface area (Å²) < 4.78 is 0. The van der Waals surface area contributed by atoms with Crippen LogP contribution < -0.4 is 4.90 Å². The Balaban J connectivity index is 1.42. The predicted molar refractivity (Wildman–Crippen MR) is 102 cm³/mol. The number of nitrogens with zero attached hydrogens (tertiary/aromatic N) is 3. The van der Waals surface area contributed by atoms with Gasteiger partial charge in [0.1, 0.15) is 0 Å². The van der Waals surface area contributed by atoms with E-state index in [1.54, 1.807) is 0 Å². The Labute approximate surface area is 149 Å². The lowest BCUT2D eigenvalue weighted by atomic mass is 9.89. The molecule has 1 aliphatic heterocycles. The van der Waals surface area contributed by atoms with Crippen LogP contribution in [0.1, 0.15) is 32.1 Å². The highest BCUT2D eigenvalue weighted by Gasteiger charge is 2.22. The van der Waals surface area contributed by atoms with Crippen molar-refractivity contribution in [3.63, 3.8) is 0 Å². The summed E-state index contributed by atoms with van der Waals surface area (Å²) in [5.74, 6) is 0.939. The molecule has 1 aliphatic carbocycles. The number of fused-ring (bicyclic) bond motifs is 1. The Morgan fingerprint density at radius 1 is 1.00 bits per heavy atom. The van der Waals surface area contributed by atoms with Crippen LogP contribution in [0.5, 0.6) is 0 Å². The van der Waals surface area contributed by atoms with E-state index in [0.717, 1.165) is 29.5 Å². The Hall–Kier alpha value is -1.32. The molecule has 3 nitrogen and oxygen atoms in total. The third kappa shape index (κ3) is 3.52. The molecule has 128 valence electrons. The van der Waals surface area contributed by atoms with Crippen molar-refractivity contribution < 1.29 is 0 Å². The molecule has 1 aromatic carbocycles. The summed E-state index contributed by atoms with van der Waals surface area (Å²) >= 11 is 6.11. The molecule has 0 N–H and O–H groups in total. The number of hydrogen-bond acceptors (Lipinski definition) is 3. The number of piperazine rings is 1. The molecule has 0 radical (unpaired) electrons. The molecule has 2 heterocycles. The van der Waals surface area contributed by atoms with E-state index in [9.17, 15) is 0 Å². The Bertz CT molecular complexity index is 688. The van der Waals surface area contributed by atoms with E-state index in [-0.39, 0.29) is 0 Å². The molecule has 4 rings (SSSR count). The molecule has 0 amide bonds. The van der Waals surface area contributed by atoms with Gasteiger partial charge in [-0.15, -0.1) is 0 Å². The van der Waals surface area contributed by atoms with Crippen LogP contribution in [0.25, 0.3) is 10.9 Å². The van der Waals surface area contributed by atoms with Crippen LogP contribution in [0.3, 0.4) is 0 Å². The van der Waals surface area contributed by atoms with Crippen molar-refractivity contribution >= 4 is 28.2 Å². The van der Waals surface area contributed by atoms with Gasteiger partial charge in [0.2, 0.25) is 0 Å². The fourth-order valence-electron chi connectivity index (χ4n) is 4.29. The molecule has 1 saturated carbocycles. The van der Waals surface area contributed by atoms with Gasteiger partial charge in [-0.25, -0.2) is 0 Å². The summed E-state index contributed by atoms with van der Waals surface area (Å²) in [4.78, 5) is 9.65. The number of halogens is 1. The van der Waals surface area contributed by atoms with Crippen LogP contribution in [0.2, 0.25) is 5.02 Å². The molecule has 0 spiro atoms. The Morgan fingerprint density at radius 2 is 1.79 bits per heavy atom. The van der Waals surface area contributed by atoms with Gasteiger partial charge in [-0.1, -0.05) is 30.9 Å². The van der Waals surface area contributed by atoms with E-state index < -0.39 is 0 Å². The zero-order valence-corrected chi connectivity index (χ0v) is 15.0. The number of aromatic nitrogens is 1. The van der Waals surface area contributed by atoms with Crippen molar-refractivity contribution in [3.8, 4) is 0 Å². The summed E-state index contributed by atoms with van der Waals surface area (Å²) in [6.45, 7) is 5.87.